The molecule has 6 nitrogen and oxygen atoms in total. The van der Waals surface area contributed by atoms with Crippen LogP contribution in [-0.4, -0.2) is 85.6 Å². The highest BCUT2D eigenvalue weighted by molar-refractivity contribution is 5.77. The lowest BCUT2D eigenvalue weighted by Crippen LogP contribution is -2.49. The molecule has 2 heterocycles. The van der Waals surface area contributed by atoms with E-state index < -0.39 is 6.10 Å². The number of β-amino-alcohol motifs (C(OH)–C–C–N with tert-alkyl or cyclic N) is 1. The Morgan fingerprint density at radius 1 is 1.37 bits per heavy atom. The maximum atomic E-state index is 11.9. The van der Waals surface area contributed by atoms with Gasteiger partial charge in [-0.15, -0.1) is 0 Å². The van der Waals surface area contributed by atoms with Gasteiger partial charge in [-0.25, -0.2) is 0 Å². The van der Waals surface area contributed by atoms with E-state index in [2.05, 4.69) is 4.90 Å². The molecule has 110 valence electrons. The lowest BCUT2D eigenvalue weighted by atomic mass is 10.2. The molecule has 0 saturated carbocycles. The van der Waals surface area contributed by atoms with Gasteiger partial charge >= 0.3 is 0 Å². The maximum absolute atomic E-state index is 11.9. The van der Waals surface area contributed by atoms with Crippen molar-refractivity contribution in [2.75, 3.05) is 52.6 Å². The molecule has 2 atom stereocenters. The molecule has 19 heavy (non-hydrogen) atoms. The van der Waals surface area contributed by atoms with Crippen LogP contribution in [-0.2, 0) is 14.3 Å². The summed E-state index contributed by atoms with van der Waals surface area (Å²) in [4.78, 5) is 15.9. The van der Waals surface area contributed by atoms with Gasteiger partial charge in [-0.2, -0.15) is 0 Å². The van der Waals surface area contributed by atoms with Crippen molar-refractivity contribution < 1.29 is 19.4 Å². The fourth-order valence-electron chi connectivity index (χ4n) is 2.64. The van der Waals surface area contributed by atoms with Gasteiger partial charge in [-0.1, -0.05) is 6.92 Å². The zero-order valence-electron chi connectivity index (χ0n) is 11.6. The molecule has 0 unspecified atom stereocenters. The van der Waals surface area contributed by atoms with Gasteiger partial charge in [0.25, 0.3) is 0 Å². The second kappa shape index (κ2) is 7.19. The third-order valence-electron chi connectivity index (χ3n) is 3.70. The Labute approximate surface area is 114 Å². The monoisotopic (exact) mass is 272 g/mol. The van der Waals surface area contributed by atoms with E-state index in [0.29, 0.717) is 32.9 Å². The molecule has 0 aromatic carbocycles. The summed E-state index contributed by atoms with van der Waals surface area (Å²) in [6, 6.07) is 0.0408. The molecule has 1 N–H and O–H groups in total. The van der Waals surface area contributed by atoms with E-state index in [-0.39, 0.29) is 18.6 Å². The third kappa shape index (κ3) is 3.89. The fraction of sp³-hybridized carbons (Fsp3) is 0.923. The second-order valence-corrected chi connectivity index (χ2v) is 5.13. The summed E-state index contributed by atoms with van der Waals surface area (Å²) in [6.45, 7) is 6.82. The molecule has 0 spiro atoms. The summed E-state index contributed by atoms with van der Waals surface area (Å²) >= 11 is 0. The van der Waals surface area contributed by atoms with Crippen LogP contribution < -0.4 is 0 Å². The highest BCUT2D eigenvalue weighted by Crippen LogP contribution is 2.17. The SMILES string of the molecule is CCCOCC(=O)N1C[C@H](O)[C@@H](N2CCOCC2)C1. The first-order valence-corrected chi connectivity index (χ1v) is 7.07. The minimum Gasteiger partial charge on any atom is -0.390 e. The van der Waals surface area contributed by atoms with Gasteiger partial charge in [0.15, 0.2) is 0 Å². The van der Waals surface area contributed by atoms with Crippen molar-refractivity contribution in [2.24, 2.45) is 0 Å². The summed E-state index contributed by atoms with van der Waals surface area (Å²) in [5, 5.41) is 10.1. The van der Waals surface area contributed by atoms with Crippen molar-refractivity contribution in [1.29, 1.82) is 0 Å². The predicted molar refractivity (Wildman–Crippen MR) is 69.9 cm³/mol. The first-order valence-electron chi connectivity index (χ1n) is 7.07. The third-order valence-corrected chi connectivity index (χ3v) is 3.70. The van der Waals surface area contributed by atoms with E-state index in [1.54, 1.807) is 4.90 Å². The lowest BCUT2D eigenvalue weighted by Gasteiger charge is -2.33. The maximum Gasteiger partial charge on any atom is 0.248 e. The highest BCUT2D eigenvalue weighted by Gasteiger charge is 2.37. The van der Waals surface area contributed by atoms with Crippen molar-refractivity contribution in [2.45, 2.75) is 25.5 Å². The molecule has 2 saturated heterocycles. The molecule has 2 rings (SSSR count). The first-order chi connectivity index (χ1) is 9.22. The van der Waals surface area contributed by atoms with Crippen molar-refractivity contribution in [3.8, 4) is 0 Å². The number of aliphatic hydroxyl groups is 1. The van der Waals surface area contributed by atoms with Gasteiger partial charge in [0.1, 0.15) is 6.61 Å². The molecule has 0 aromatic heterocycles. The normalized spacial score (nSPS) is 28.8. The number of carbonyl (C=O) groups excluding carboxylic acids is 1. The van der Waals surface area contributed by atoms with Gasteiger partial charge in [0, 0.05) is 32.8 Å². The summed E-state index contributed by atoms with van der Waals surface area (Å²) in [7, 11) is 0. The van der Waals surface area contributed by atoms with Crippen LogP contribution in [0.5, 0.6) is 0 Å². The topological polar surface area (TPSA) is 62.2 Å². The molecule has 6 heteroatoms. The number of nitrogens with zero attached hydrogens (tertiary/aromatic N) is 2. The molecule has 0 radical (unpaired) electrons. The van der Waals surface area contributed by atoms with Crippen LogP contribution >= 0.6 is 0 Å². The molecule has 0 bridgehead atoms. The number of hydrogen-bond acceptors (Lipinski definition) is 5. The molecule has 1 amide bonds. The molecular formula is C13H24N2O4. The zero-order chi connectivity index (χ0) is 13.7. The molecule has 0 aliphatic carbocycles. The Hall–Kier alpha value is -0.690. The van der Waals surface area contributed by atoms with Gasteiger partial charge in [0.2, 0.25) is 5.91 Å². The standard InChI is InChI=1S/C13H24N2O4/c1-2-5-19-10-13(17)15-8-11(12(16)9-15)14-3-6-18-7-4-14/h11-12,16H,2-10H2,1H3/t11-,12-/m0/s1. The number of carbonyl (C=O) groups is 1. The fourth-order valence-corrected chi connectivity index (χ4v) is 2.64. The van der Waals surface area contributed by atoms with Gasteiger partial charge < -0.3 is 19.5 Å². The molecule has 0 aromatic rings. The van der Waals surface area contributed by atoms with Crippen LogP contribution in [0.1, 0.15) is 13.3 Å². The summed E-state index contributed by atoms with van der Waals surface area (Å²) in [5.41, 5.74) is 0. The number of likely N-dealkylation sites (tertiary alicyclic amines) is 1. The van der Waals surface area contributed by atoms with E-state index in [0.717, 1.165) is 19.5 Å². The number of rotatable bonds is 5. The van der Waals surface area contributed by atoms with E-state index in [1.165, 1.54) is 0 Å². The van der Waals surface area contributed by atoms with E-state index >= 15 is 0 Å². The van der Waals surface area contributed by atoms with Gasteiger partial charge in [-0.05, 0) is 6.42 Å². The summed E-state index contributed by atoms with van der Waals surface area (Å²) in [6.07, 6.45) is 0.444. The summed E-state index contributed by atoms with van der Waals surface area (Å²) in [5.74, 6) is -0.0248. The van der Waals surface area contributed by atoms with Crippen LogP contribution in [0, 0.1) is 0 Å². The largest absolute Gasteiger partial charge is 0.390 e. The molecule has 2 fully saturated rings. The Balaban J connectivity index is 1.80. The minimum absolute atomic E-state index is 0.0248. The average molecular weight is 272 g/mol. The highest BCUT2D eigenvalue weighted by atomic mass is 16.5. The molecule has 2 aliphatic heterocycles. The van der Waals surface area contributed by atoms with E-state index in [4.69, 9.17) is 9.47 Å². The smallest absolute Gasteiger partial charge is 0.248 e. The van der Waals surface area contributed by atoms with E-state index in [9.17, 15) is 9.90 Å². The number of amides is 1. The zero-order valence-corrected chi connectivity index (χ0v) is 11.6. The predicted octanol–water partition coefficient (Wildman–Crippen LogP) is -0.683. The first kappa shape index (κ1) is 14.7. The summed E-state index contributed by atoms with van der Waals surface area (Å²) < 4.78 is 10.6. The average Bonchev–Trinajstić information content (AvgIpc) is 2.82. The quantitative estimate of drug-likeness (QED) is 0.672. The molecular weight excluding hydrogens is 248 g/mol. The molecule has 2 aliphatic rings. The van der Waals surface area contributed by atoms with Crippen molar-refractivity contribution in [1.82, 2.24) is 9.80 Å². The van der Waals surface area contributed by atoms with Gasteiger partial charge in [-0.3, -0.25) is 9.69 Å². The Kier molecular flexibility index (Phi) is 5.57. The van der Waals surface area contributed by atoms with E-state index in [1.807, 2.05) is 6.92 Å². The van der Waals surface area contributed by atoms with Crippen LogP contribution in [0.15, 0.2) is 0 Å². The van der Waals surface area contributed by atoms with Crippen LogP contribution in [0.25, 0.3) is 0 Å². The number of ether oxygens (including phenoxy) is 2. The Morgan fingerprint density at radius 2 is 2.11 bits per heavy atom. The number of aliphatic hydroxyl groups excluding tert-OH is 1. The minimum atomic E-state index is -0.465. The van der Waals surface area contributed by atoms with Crippen molar-refractivity contribution in [3.05, 3.63) is 0 Å². The Bertz CT molecular complexity index is 294. The van der Waals surface area contributed by atoms with Crippen molar-refractivity contribution in [3.63, 3.8) is 0 Å². The number of morpholine rings is 1. The van der Waals surface area contributed by atoms with Crippen LogP contribution in [0.4, 0.5) is 0 Å². The van der Waals surface area contributed by atoms with Gasteiger partial charge in [0.05, 0.1) is 25.4 Å². The second-order valence-electron chi connectivity index (χ2n) is 5.13. The Morgan fingerprint density at radius 3 is 2.79 bits per heavy atom. The number of hydrogen-bond donors (Lipinski definition) is 1. The lowest BCUT2D eigenvalue weighted by molar-refractivity contribution is -0.135. The van der Waals surface area contributed by atoms with Crippen molar-refractivity contribution >= 4 is 5.91 Å². The van der Waals surface area contributed by atoms with Crippen LogP contribution in [0.2, 0.25) is 0 Å². The van der Waals surface area contributed by atoms with Crippen LogP contribution in [0.3, 0.4) is 0 Å².